The van der Waals surface area contributed by atoms with E-state index in [1.54, 1.807) is 0 Å². The van der Waals surface area contributed by atoms with Gasteiger partial charge in [0.1, 0.15) is 17.5 Å². The predicted molar refractivity (Wildman–Crippen MR) is 98.6 cm³/mol. The quantitative estimate of drug-likeness (QED) is 0.726. The summed E-state index contributed by atoms with van der Waals surface area (Å²) in [5.74, 6) is 0.239. The fraction of sp³-hybridized carbons (Fsp3) is 0.100. The van der Waals surface area contributed by atoms with Gasteiger partial charge in [0, 0.05) is 16.1 Å². The first-order valence-corrected chi connectivity index (χ1v) is 8.07. The van der Waals surface area contributed by atoms with Gasteiger partial charge >= 0.3 is 0 Å². The van der Waals surface area contributed by atoms with Gasteiger partial charge in [0.2, 0.25) is 0 Å². The lowest BCUT2D eigenvalue weighted by molar-refractivity contribution is 1.11. The van der Waals surface area contributed by atoms with E-state index in [1.165, 1.54) is 0 Å². The molecule has 2 aromatic carbocycles. The van der Waals surface area contributed by atoms with Gasteiger partial charge in [-0.05, 0) is 29.7 Å². The largest absolute Gasteiger partial charge is 0.383 e. The molecule has 0 fully saturated rings. The molecule has 4 heteroatoms. The van der Waals surface area contributed by atoms with Crippen LogP contribution in [0.25, 0.3) is 22.4 Å². The van der Waals surface area contributed by atoms with Gasteiger partial charge in [-0.25, -0.2) is 4.98 Å². The van der Waals surface area contributed by atoms with Crippen molar-refractivity contribution in [3.63, 3.8) is 0 Å². The molecule has 0 aliphatic carbocycles. The number of aromatic nitrogens is 1. The number of nitrogen functional groups attached to an aromatic ring is 1. The summed E-state index contributed by atoms with van der Waals surface area (Å²) in [5, 5.41) is 10.2. The van der Waals surface area contributed by atoms with Crippen molar-refractivity contribution in [2.45, 2.75) is 13.3 Å². The molecule has 0 unspecified atom stereocenters. The summed E-state index contributed by atoms with van der Waals surface area (Å²) in [6.45, 7) is 2.05. The first-order valence-electron chi connectivity index (χ1n) is 7.69. The third-order valence-electron chi connectivity index (χ3n) is 3.95. The Morgan fingerprint density at radius 1 is 1.08 bits per heavy atom. The van der Waals surface area contributed by atoms with E-state index in [1.807, 2.05) is 54.6 Å². The van der Waals surface area contributed by atoms with Crippen LogP contribution in [0.2, 0.25) is 5.02 Å². The number of nitrogens with two attached hydrogens (primary N) is 1. The molecule has 0 atom stereocenters. The molecular formula is C20H16ClN3. The van der Waals surface area contributed by atoms with E-state index in [9.17, 15) is 5.26 Å². The van der Waals surface area contributed by atoms with Gasteiger partial charge in [0.15, 0.2) is 0 Å². The van der Waals surface area contributed by atoms with E-state index in [2.05, 4.69) is 18.0 Å². The third-order valence-corrected chi connectivity index (χ3v) is 4.19. The minimum Gasteiger partial charge on any atom is -0.383 e. The van der Waals surface area contributed by atoms with Crippen molar-refractivity contribution in [3.8, 4) is 28.5 Å². The molecule has 1 aromatic heterocycles. The number of rotatable bonds is 3. The average molecular weight is 334 g/mol. The minimum absolute atomic E-state index is 0.239. The highest BCUT2D eigenvalue weighted by Gasteiger charge is 2.19. The van der Waals surface area contributed by atoms with Crippen LogP contribution < -0.4 is 5.73 Å². The van der Waals surface area contributed by atoms with Crippen LogP contribution in [0.15, 0.2) is 54.6 Å². The SMILES string of the molecule is CCc1c(-c2ccccc2)nc(N)c(C#N)c1-c1cccc(Cl)c1. The van der Waals surface area contributed by atoms with E-state index in [0.29, 0.717) is 10.6 Å². The van der Waals surface area contributed by atoms with Gasteiger partial charge in [-0.3, -0.25) is 0 Å². The number of halogens is 1. The van der Waals surface area contributed by atoms with Crippen molar-refractivity contribution < 1.29 is 0 Å². The molecular weight excluding hydrogens is 318 g/mol. The molecule has 0 radical (unpaired) electrons. The zero-order valence-corrected chi connectivity index (χ0v) is 14.0. The smallest absolute Gasteiger partial charge is 0.142 e. The second kappa shape index (κ2) is 6.74. The van der Waals surface area contributed by atoms with Crippen LogP contribution in [0, 0.1) is 11.3 Å². The fourth-order valence-electron chi connectivity index (χ4n) is 2.90. The summed E-state index contributed by atoms with van der Waals surface area (Å²) in [6, 6.07) is 19.6. The summed E-state index contributed by atoms with van der Waals surface area (Å²) in [6.07, 6.45) is 0.730. The Morgan fingerprint density at radius 2 is 1.79 bits per heavy atom. The fourth-order valence-corrected chi connectivity index (χ4v) is 3.09. The van der Waals surface area contributed by atoms with Crippen molar-refractivity contribution >= 4 is 17.4 Å². The molecule has 3 nitrogen and oxygen atoms in total. The molecule has 0 saturated carbocycles. The molecule has 24 heavy (non-hydrogen) atoms. The molecule has 3 rings (SSSR count). The number of nitriles is 1. The van der Waals surface area contributed by atoms with Crippen LogP contribution in [0.4, 0.5) is 5.82 Å². The highest BCUT2D eigenvalue weighted by atomic mass is 35.5. The third kappa shape index (κ3) is 2.84. The first-order chi connectivity index (χ1) is 11.7. The van der Waals surface area contributed by atoms with Crippen LogP contribution in [-0.2, 0) is 6.42 Å². The van der Waals surface area contributed by atoms with Gasteiger partial charge in [-0.15, -0.1) is 0 Å². The van der Waals surface area contributed by atoms with E-state index in [-0.39, 0.29) is 5.82 Å². The summed E-state index contributed by atoms with van der Waals surface area (Å²) < 4.78 is 0. The summed E-state index contributed by atoms with van der Waals surface area (Å²) in [4.78, 5) is 4.52. The second-order valence-corrected chi connectivity index (χ2v) is 5.85. The lowest BCUT2D eigenvalue weighted by Gasteiger charge is -2.17. The summed E-state index contributed by atoms with van der Waals surface area (Å²) in [7, 11) is 0. The van der Waals surface area contributed by atoms with E-state index in [0.717, 1.165) is 34.4 Å². The number of nitrogens with zero attached hydrogens (tertiary/aromatic N) is 2. The predicted octanol–water partition coefficient (Wildman–Crippen LogP) is 5.09. The minimum atomic E-state index is 0.239. The van der Waals surface area contributed by atoms with Crippen molar-refractivity contribution in [1.29, 1.82) is 5.26 Å². The van der Waals surface area contributed by atoms with Crippen molar-refractivity contribution in [2.75, 3.05) is 5.73 Å². The molecule has 0 saturated heterocycles. The molecule has 0 aliphatic heterocycles. The number of benzene rings is 2. The average Bonchev–Trinajstić information content (AvgIpc) is 2.61. The zero-order valence-electron chi connectivity index (χ0n) is 13.3. The Hall–Kier alpha value is -2.83. The maximum atomic E-state index is 9.61. The molecule has 2 N–H and O–H groups in total. The van der Waals surface area contributed by atoms with E-state index < -0.39 is 0 Å². The standard InChI is InChI=1S/C20H16ClN3/c1-2-16-18(14-9-6-10-15(21)11-14)17(12-22)20(23)24-19(16)13-7-4-3-5-8-13/h3-11H,2H2,1H3,(H2,23,24). The number of pyridine rings is 1. The Bertz CT molecular complexity index is 928. The van der Waals surface area contributed by atoms with Crippen LogP contribution >= 0.6 is 11.6 Å². The maximum Gasteiger partial charge on any atom is 0.142 e. The van der Waals surface area contributed by atoms with Gasteiger partial charge in [0.05, 0.1) is 5.69 Å². The van der Waals surface area contributed by atoms with E-state index >= 15 is 0 Å². The Balaban J connectivity index is 2.38. The summed E-state index contributed by atoms with van der Waals surface area (Å²) in [5.41, 5.74) is 11.0. The highest BCUT2D eigenvalue weighted by molar-refractivity contribution is 6.30. The molecule has 118 valence electrons. The molecule has 3 aromatic rings. The normalized spacial score (nSPS) is 10.4. The Kier molecular flexibility index (Phi) is 4.50. The lowest BCUT2D eigenvalue weighted by Crippen LogP contribution is -2.05. The number of anilines is 1. The Morgan fingerprint density at radius 3 is 2.42 bits per heavy atom. The zero-order chi connectivity index (χ0) is 17.1. The van der Waals surface area contributed by atoms with Crippen molar-refractivity contribution in [3.05, 3.63) is 70.7 Å². The Labute approximate surface area is 146 Å². The molecule has 0 amide bonds. The summed E-state index contributed by atoms with van der Waals surface area (Å²) >= 11 is 6.15. The van der Waals surface area contributed by atoms with Crippen LogP contribution in [0.3, 0.4) is 0 Å². The van der Waals surface area contributed by atoms with Crippen molar-refractivity contribution in [2.24, 2.45) is 0 Å². The molecule has 0 spiro atoms. The van der Waals surface area contributed by atoms with Gasteiger partial charge in [-0.1, -0.05) is 61.0 Å². The lowest BCUT2D eigenvalue weighted by atomic mass is 9.90. The number of hydrogen-bond donors (Lipinski definition) is 1. The maximum absolute atomic E-state index is 9.61. The van der Waals surface area contributed by atoms with Gasteiger partial charge < -0.3 is 5.73 Å². The van der Waals surface area contributed by atoms with Gasteiger partial charge in [0.25, 0.3) is 0 Å². The first kappa shape index (κ1) is 16.0. The molecule has 0 bridgehead atoms. The van der Waals surface area contributed by atoms with Gasteiger partial charge in [-0.2, -0.15) is 5.26 Å². The number of hydrogen-bond acceptors (Lipinski definition) is 3. The topological polar surface area (TPSA) is 62.7 Å². The van der Waals surface area contributed by atoms with Crippen molar-refractivity contribution in [1.82, 2.24) is 4.98 Å². The van der Waals surface area contributed by atoms with Crippen LogP contribution in [0.5, 0.6) is 0 Å². The van der Waals surface area contributed by atoms with Crippen LogP contribution in [0.1, 0.15) is 18.1 Å². The highest BCUT2D eigenvalue weighted by Crippen LogP contribution is 2.37. The molecule has 0 aliphatic rings. The second-order valence-electron chi connectivity index (χ2n) is 5.42. The molecule has 1 heterocycles. The van der Waals surface area contributed by atoms with Crippen LogP contribution in [-0.4, -0.2) is 4.98 Å². The monoisotopic (exact) mass is 333 g/mol. The van der Waals surface area contributed by atoms with E-state index in [4.69, 9.17) is 17.3 Å².